The van der Waals surface area contributed by atoms with Gasteiger partial charge in [-0.2, -0.15) is 0 Å². The standard InChI is InChI=1S/C13H16N2O3/c1-3-8(2)14-13(17)9-4-5-11-10(6-9)15-12(16)7-18-11/h4-6,8H,3,7H2,1-2H3,(H,14,17)(H,15,16). The molecule has 18 heavy (non-hydrogen) atoms. The van der Waals surface area contributed by atoms with Crippen LogP contribution < -0.4 is 15.4 Å². The van der Waals surface area contributed by atoms with Crippen molar-refractivity contribution < 1.29 is 14.3 Å². The van der Waals surface area contributed by atoms with E-state index in [1.807, 2.05) is 13.8 Å². The number of rotatable bonds is 3. The maximum Gasteiger partial charge on any atom is 0.262 e. The molecule has 96 valence electrons. The van der Waals surface area contributed by atoms with Crippen molar-refractivity contribution in [3.05, 3.63) is 23.8 Å². The van der Waals surface area contributed by atoms with Crippen molar-refractivity contribution >= 4 is 17.5 Å². The predicted molar refractivity (Wildman–Crippen MR) is 67.8 cm³/mol. The molecule has 5 nitrogen and oxygen atoms in total. The third kappa shape index (κ3) is 2.61. The molecule has 0 aliphatic carbocycles. The summed E-state index contributed by atoms with van der Waals surface area (Å²) in [6.07, 6.45) is 0.872. The van der Waals surface area contributed by atoms with Crippen LogP contribution in [0, 0.1) is 0 Å². The number of carbonyl (C=O) groups is 2. The first kappa shape index (κ1) is 12.4. The first-order chi connectivity index (χ1) is 8.60. The molecule has 0 fully saturated rings. The topological polar surface area (TPSA) is 67.4 Å². The highest BCUT2D eigenvalue weighted by atomic mass is 16.5. The lowest BCUT2D eigenvalue weighted by molar-refractivity contribution is -0.118. The number of ether oxygens (including phenoxy) is 1. The van der Waals surface area contributed by atoms with Crippen molar-refractivity contribution in [1.29, 1.82) is 0 Å². The van der Waals surface area contributed by atoms with Gasteiger partial charge in [0.25, 0.3) is 11.8 Å². The van der Waals surface area contributed by atoms with E-state index < -0.39 is 0 Å². The molecule has 0 aromatic heterocycles. The molecule has 1 aromatic rings. The van der Waals surface area contributed by atoms with Gasteiger partial charge in [-0.25, -0.2) is 0 Å². The largest absolute Gasteiger partial charge is 0.482 e. The molecule has 2 rings (SSSR count). The van der Waals surface area contributed by atoms with Crippen molar-refractivity contribution in [3.8, 4) is 5.75 Å². The fourth-order valence-electron chi connectivity index (χ4n) is 1.63. The summed E-state index contributed by atoms with van der Waals surface area (Å²) in [5, 5.41) is 5.55. The van der Waals surface area contributed by atoms with Crippen molar-refractivity contribution in [2.45, 2.75) is 26.3 Å². The monoisotopic (exact) mass is 248 g/mol. The van der Waals surface area contributed by atoms with Gasteiger partial charge in [0.15, 0.2) is 6.61 Å². The normalized spacial score (nSPS) is 15.1. The predicted octanol–water partition coefficient (Wildman–Crippen LogP) is 1.55. The van der Waals surface area contributed by atoms with E-state index in [1.54, 1.807) is 18.2 Å². The number of nitrogens with one attached hydrogen (secondary N) is 2. The van der Waals surface area contributed by atoms with E-state index >= 15 is 0 Å². The van der Waals surface area contributed by atoms with E-state index in [9.17, 15) is 9.59 Å². The Morgan fingerprint density at radius 1 is 1.56 bits per heavy atom. The average Bonchev–Trinajstić information content (AvgIpc) is 2.37. The SMILES string of the molecule is CCC(C)NC(=O)c1ccc2c(c1)NC(=O)CO2. The Balaban J connectivity index is 2.17. The minimum Gasteiger partial charge on any atom is -0.482 e. The number of fused-ring (bicyclic) bond motifs is 1. The Morgan fingerprint density at radius 3 is 3.06 bits per heavy atom. The molecule has 0 radical (unpaired) electrons. The van der Waals surface area contributed by atoms with E-state index in [1.165, 1.54) is 0 Å². The Morgan fingerprint density at radius 2 is 2.33 bits per heavy atom. The van der Waals surface area contributed by atoms with Gasteiger partial charge in [0, 0.05) is 11.6 Å². The summed E-state index contributed by atoms with van der Waals surface area (Å²) < 4.78 is 5.23. The molecule has 2 amide bonds. The molecular weight excluding hydrogens is 232 g/mol. The maximum atomic E-state index is 11.9. The van der Waals surface area contributed by atoms with Crippen LogP contribution in [0.2, 0.25) is 0 Å². The highest BCUT2D eigenvalue weighted by Crippen LogP contribution is 2.28. The van der Waals surface area contributed by atoms with Crippen molar-refractivity contribution in [2.24, 2.45) is 0 Å². The molecular formula is C13H16N2O3. The third-order valence-corrected chi connectivity index (χ3v) is 2.86. The molecule has 1 unspecified atom stereocenters. The van der Waals surface area contributed by atoms with Gasteiger partial charge in [0.2, 0.25) is 0 Å². The van der Waals surface area contributed by atoms with E-state index in [-0.39, 0.29) is 24.5 Å². The summed E-state index contributed by atoms with van der Waals surface area (Å²) in [4.78, 5) is 23.1. The van der Waals surface area contributed by atoms with E-state index in [2.05, 4.69) is 10.6 Å². The molecule has 1 heterocycles. The van der Waals surface area contributed by atoms with Gasteiger partial charge in [0.05, 0.1) is 5.69 Å². The lowest BCUT2D eigenvalue weighted by Gasteiger charge is -2.19. The Bertz CT molecular complexity index is 485. The van der Waals surface area contributed by atoms with Gasteiger partial charge in [-0.05, 0) is 31.5 Å². The molecule has 2 N–H and O–H groups in total. The number of amides is 2. The fourth-order valence-corrected chi connectivity index (χ4v) is 1.63. The molecule has 1 aliphatic rings. The quantitative estimate of drug-likeness (QED) is 0.852. The second-order valence-electron chi connectivity index (χ2n) is 4.33. The average molecular weight is 248 g/mol. The molecule has 1 atom stereocenters. The molecule has 5 heteroatoms. The second kappa shape index (κ2) is 5.08. The Hall–Kier alpha value is -2.04. The minimum absolute atomic E-state index is 0.0193. The molecule has 0 saturated heterocycles. The number of hydrogen-bond acceptors (Lipinski definition) is 3. The number of hydrogen-bond donors (Lipinski definition) is 2. The van der Waals surface area contributed by atoms with Gasteiger partial charge in [-0.1, -0.05) is 6.92 Å². The molecule has 1 aliphatic heterocycles. The summed E-state index contributed by atoms with van der Waals surface area (Å²) in [6.45, 7) is 3.97. The lowest BCUT2D eigenvalue weighted by Crippen LogP contribution is -2.32. The molecule has 1 aromatic carbocycles. The van der Waals surface area contributed by atoms with Gasteiger partial charge in [0.1, 0.15) is 5.75 Å². The van der Waals surface area contributed by atoms with E-state index in [4.69, 9.17) is 4.74 Å². The van der Waals surface area contributed by atoms with Gasteiger partial charge < -0.3 is 15.4 Å². The summed E-state index contributed by atoms with van der Waals surface area (Å²) in [5.74, 6) is 0.239. The maximum absolute atomic E-state index is 11.9. The van der Waals surface area contributed by atoms with Crippen LogP contribution >= 0.6 is 0 Å². The van der Waals surface area contributed by atoms with Crippen molar-refractivity contribution in [1.82, 2.24) is 5.32 Å². The zero-order valence-electron chi connectivity index (χ0n) is 10.4. The van der Waals surface area contributed by atoms with Crippen molar-refractivity contribution in [3.63, 3.8) is 0 Å². The third-order valence-electron chi connectivity index (χ3n) is 2.86. The summed E-state index contributed by atoms with van der Waals surface area (Å²) in [5.41, 5.74) is 1.06. The first-order valence-corrected chi connectivity index (χ1v) is 5.97. The zero-order chi connectivity index (χ0) is 13.1. The second-order valence-corrected chi connectivity index (χ2v) is 4.33. The van der Waals surface area contributed by atoms with Crippen LogP contribution in [0.5, 0.6) is 5.75 Å². The lowest BCUT2D eigenvalue weighted by atomic mass is 10.1. The molecule has 0 saturated carbocycles. The van der Waals surface area contributed by atoms with Crippen LogP contribution in [0.15, 0.2) is 18.2 Å². The molecule has 0 bridgehead atoms. The number of carbonyl (C=O) groups excluding carboxylic acids is 2. The Kier molecular flexibility index (Phi) is 3.50. The highest BCUT2D eigenvalue weighted by molar-refractivity contribution is 5.99. The van der Waals surface area contributed by atoms with Gasteiger partial charge in [-0.15, -0.1) is 0 Å². The molecule has 0 spiro atoms. The van der Waals surface area contributed by atoms with Crippen LogP contribution in [-0.4, -0.2) is 24.5 Å². The van der Waals surface area contributed by atoms with Gasteiger partial charge in [-0.3, -0.25) is 9.59 Å². The summed E-state index contributed by atoms with van der Waals surface area (Å²) in [6, 6.07) is 5.14. The van der Waals surface area contributed by atoms with E-state index in [0.29, 0.717) is 17.0 Å². The van der Waals surface area contributed by atoms with Crippen LogP contribution in [0.3, 0.4) is 0 Å². The zero-order valence-corrected chi connectivity index (χ0v) is 10.4. The van der Waals surface area contributed by atoms with E-state index in [0.717, 1.165) is 6.42 Å². The van der Waals surface area contributed by atoms with Crippen LogP contribution in [0.4, 0.5) is 5.69 Å². The smallest absolute Gasteiger partial charge is 0.262 e. The first-order valence-electron chi connectivity index (χ1n) is 5.97. The minimum atomic E-state index is -0.206. The summed E-state index contributed by atoms with van der Waals surface area (Å²) >= 11 is 0. The Labute approximate surface area is 106 Å². The van der Waals surface area contributed by atoms with Gasteiger partial charge >= 0.3 is 0 Å². The van der Waals surface area contributed by atoms with Crippen molar-refractivity contribution in [2.75, 3.05) is 11.9 Å². The van der Waals surface area contributed by atoms with Crippen LogP contribution in [0.25, 0.3) is 0 Å². The number of anilines is 1. The number of benzene rings is 1. The highest BCUT2D eigenvalue weighted by Gasteiger charge is 2.18. The van der Waals surface area contributed by atoms with Crippen LogP contribution in [-0.2, 0) is 4.79 Å². The summed E-state index contributed by atoms with van der Waals surface area (Å²) in [7, 11) is 0. The fraction of sp³-hybridized carbons (Fsp3) is 0.385. The van der Waals surface area contributed by atoms with Crippen LogP contribution in [0.1, 0.15) is 30.6 Å².